The molecule has 5 heteroatoms. The van der Waals surface area contributed by atoms with Crippen molar-refractivity contribution in [3.63, 3.8) is 0 Å². The average Bonchev–Trinajstić information content (AvgIpc) is 2.34. The van der Waals surface area contributed by atoms with Gasteiger partial charge < -0.3 is 10.2 Å². The maximum absolute atomic E-state index is 12.8. The van der Waals surface area contributed by atoms with E-state index in [1.54, 1.807) is 0 Å². The van der Waals surface area contributed by atoms with Crippen molar-refractivity contribution in [3.05, 3.63) is 0 Å². The van der Waals surface area contributed by atoms with E-state index >= 15 is 0 Å². The zero-order chi connectivity index (χ0) is 15.4. The van der Waals surface area contributed by atoms with Crippen LogP contribution < -0.4 is 5.32 Å². The van der Waals surface area contributed by atoms with Crippen LogP contribution in [0.15, 0.2) is 0 Å². The van der Waals surface area contributed by atoms with Crippen molar-refractivity contribution >= 4 is 0 Å². The van der Waals surface area contributed by atoms with Crippen molar-refractivity contribution < 1.29 is 13.2 Å². The highest BCUT2D eigenvalue weighted by molar-refractivity contribution is 4.87. The molecule has 2 nitrogen and oxygen atoms in total. The van der Waals surface area contributed by atoms with E-state index in [0.717, 1.165) is 26.1 Å². The Balaban J connectivity index is 2.53. The van der Waals surface area contributed by atoms with E-state index in [1.807, 2.05) is 4.90 Å². The van der Waals surface area contributed by atoms with E-state index in [2.05, 4.69) is 33.0 Å². The fourth-order valence-electron chi connectivity index (χ4n) is 2.82. The Labute approximate surface area is 121 Å². The minimum absolute atomic E-state index is 0.0251. The fraction of sp³-hybridized carbons (Fsp3) is 1.00. The molecule has 2 atom stereocenters. The Kier molecular flexibility index (Phi) is 6.32. The Morgan fingerprint density at radius 2 is 1.95 bits per heavy atom. The smallest absolute Gasteiger partial charge is 0.314 e. The van der Waals surface area contributed by atoms with E-state index in [1.165, 1.54) is 0 Å². The molecule has 0 bridgehead atoms. The molecule has 1 saturated heterocycles. The molecule has 0 aromatic heterocycles. The van der Waals surface area contributed by atoms with E-state index in [4.69, 9.17) is 0 Å². The molecule has 0 aromatic rings. The second-order valence-electron chi connectivity index (χ2n) is 6.78. The minimum Gasteiger partial charge on any atom is -0.314 e. The second-order valence-corrected chi connectivity index (χ2v) is 6.78. The Morgan fingerprint density at radius 3 is 2.50 bits per heavy atom. The van der Waals surface area contributed by atoms with Gasteiger partial charge in [-0.15, -0.1) is 0 Å². The summed E-state index contributed by atoms with van der Waals surface area (Å²) in [6.07, 6.45) is -2.05. The molecule has 0 radical (unpaired) electrons. The van der Waals surface area contributed by atoms with E-state index in [0.29, 0.717) is 12.5 Å². The lowest BCUT2D eigenvalue weighted by atomic mass is 9.83. The molecule has 0 aliphatic carbocycles. The second kappa shape index (κ2) is 7.12. The summed E-state index contributed by atoms with van der Waals surface area (Å²) >= 11 is 0. The summed E-state index contributed by atoms with van der Waals surface area (Å²) in [5.74, 6) is -1.15. The van der Waals surface area contributed by atoms with Crippen LogP contribution in [0.25, 0.3) is 0 Å². The first-order valence-corrected chi connectivity index (χ1v) is 7.69. The molecule has 20 heavy (non-hydrogen) atoms. The third kappa shape index (κ3) is 5.24. The maximum Gasteiger partial charge on any atom is 0.393 e. The van der Waals surface area contributed by atoms with Crippen LogP contribution in [0.1, 0.15) is 47.0 Å². The van der Waals surface area contributed by atoms with Crippen LogP contribution in [0, 0.1) is 11.3 Å². The summed E-state index contributed by atoms with van der Waals surface area (Å²) in [6.45, 7) is 11.1. The normalized spacial score (nSPS) is 23.9. The number of hydrogen-bond acceptors (Lipinski definition) is 2. The fourth-order valence-corrected chi connectivity index (χ4v) is 2.82. The number of rotatable bonds is 6. The minimum atomic E-state index is -4.05. The lowest BCUT2D eigenvalue weighted by molar-refractivity contribution is -0.187. The van der Waals surface area contributed by atoms with Gasteiger partial charge in [-0.3, -0.25) is 0 Å². The summed E-state index contributed by atoms with van der Waals surface area (Å²) < 4.78 is 38.5. The Morgan fingerprint density at radius 1 is 1.30 bits per heavy atom. The van der Waals surface area contributed by atoms with Crippen molar-refractivity contribution in [2.75, 3.05) is 26.2 Å². The highest BCUT2D eigenvalue weighted by Crippen LogP contribution is 2.34. The quantitative estimate of drug-likeness (QED) is 0.804. The molecule has 1 aliphatic heterocycles. The zero-order valence-corrected chi connectivity index (χ0v) is 13.2. The predicted molar refractivity (Wildman–Crippen MR) is 76.8 cm³/mol. The van der Waals surface area contributed by atoms with Crippen molar-refractivity contribution in [1.82, 2.24) is 10.2 Å². The van der Waals surface area contributed by atoms with Gasteiger partial charge in [-0.25, -0.2) is 0 Å². The van der Waals surface area contributed by atoms with Gasteiger partial charge in [0.2, 0.25) is 0 Å². The van der Waals surface area contributed by atoms with Gasteiger partial charge in [0, 0.05) is 19.1 Å². The van der Waals surface area contributed by atoms with Crippen molar-refractivity contribution in [3.8, 4) is 0 Å². The van der Waals surface area contributed by atoms with Crippen LogP contribution in [0.2, 0.25) is 0 Å². The first kappa shape index (κ1) is 17.8. The van der Waals surface area contributed by atoms with Crippen LogP contribution in [-0.2, 0) is 0 Å². The van der Waals surface area contributed by atoms with Crippen molar-refractivity contribution in [1.29, 1.82) is 0 Å². The summed E-state index contributed by atoms with van der Waals surface area (Å²) in [7, 11) is 0. The van der Waals surface area contributed by atoms with Crippen molar-refractivity contribution in [2.24, 2.45) is 11.3 Å². The van der Waals surface area contributed by atoms with Gasteiger partial charge in [-0.05, 0) is 44.7 Å². The number of halogens is 3. The predicted octanol–water partition coefficient (Wildman–Crippen LogP) is 3.68. The van der Waals surface area contributed by atoms with Gasteiger partial charge in [0.05, 0.1) is 5.92 Å². The molecule has 0 aromatic carbocycles. The van der Waals surface area contributed by atoms with E-state index < -0.39 is 12.1 Å². The highest BCUT2D eigenvalue weighted by atomic mass is 19.4. The summed E-state index contributed by atoms with van der Waals surface area (Å²) in [5, 5.41) is 3.45. The van der Waals surface area contributed by atoms with Gasteiger partial charge in [0.1, 0.15) is 0 Å². The molecule has 1 rings (SSSR count). The average molecular weight is 294 g/mol. The standard InChI is InChI=1S/C15H29F3N2/c1-5-8-19-12(2)14(3,4)11-20-9-6-7-13(10-20)15(16,17)18/h12-13,19H,5-11H2,1-4H3. The molecule has 1 heterocycles. The van der Waals surface area contributed by atoms with Crippen LogP contribution in [0.4, 0.5) is 13.2 Å². The molecule has 1 fully saturated rings. The molecule has 0 amide bonds. The van der Waals surface area contributed by atoms with Crippen LogP contribution in [0.5, 0.6) is 0 Å². The van der Waals surface area contributed by atoms with Gasteiger partial charge in [0.25, 0.3) is 0 Å². The Hall–Kier alpha value is -0.290. The lowest BCUT2D eigenvalue weighted by Crippen LogP contribution is -2.50. The first-order valence-electron chi connectivity index (χ1n) is 7.69. The molecule has 0 saturated carbocycles. The topological polar surface area (TPSA) is 15.3 Å². The molecular weight excluding hydrogens is 265 g/mol. The summed E-state index contributed by atoms with van der Waals surface area (Å²) in [6, 6.07) is 0.300. The number of nitrogens with zero attached hydrogens (tertiary/aromatic N) is 1. The molecular formula is C15H29F3N2. The third-order valence-electron chi connectivity index (χ3n) is 4.47. The number of likely N-dealkylation sites (tertiary alicyclic amines) is 1. The first-order chi connectivity index (χ1) is 9.16. The monoisotopic (exact) mass is 294 g/mol. The van der Waals surface area contributed by atoms with Gasteiger partial charge in [0.15, 0.2) is 0 Å². The maximum atomic E-state index is 12.8. The van der Waals surface area contributed by atoms with Crippen LogP contribution in [0.3, 0.4) is 0 Å². The molecule has 120 valence electrons. The lowest BCUT2D eigenvalue weighted by Gasteiger charge is -2.41. The summed E-state index contributed by atoms with van der Waals surface area (Å²) in [5.41, 5.74) is -0.0251. The van der Waals surface area contributed by atoms with Crippen molar-refractivity contribution in [2.45, 2.75) is 59.2 Å². The number of piperidine rings is 1. The third-order valence-corrected chi connectivity index (χ3v) is 4.47. The zero-order valence-electron chi connectivity index (χ0n) is 13.2. The van der Waals surface area contributed by atoms with Crippen LogP contribution >= 0.6 is 0 Å². The number of alkyl halides is 3. The molecule has 1 N–H and O–H groups in total. The molecule has 2 unspecified atom stereocenters. The molecule has 1 aliphatic rings. The molecule has 0 spiro atoms. The van der Waals surface area contributed by atoms with Gasteiger partial charge >= 0.3 is 6.18 Å². The summed E-state index contributed by atoms with van der Waals surface area (Å²) in [4.78, 5) is 1.99. The SMILES string of the molecule is CCCNC(C)C(C)(C)CN1CCCC(C(F)(F)F)C1. The number of hydrogen-bond donors (Lipinski definition) is 1. The van der Waals surface area contributed by atoms with Gasteiger partial charge in [-0.1, -0.05) is 20.8 Å². The highest BCUT2D eigenvalue weighted by Gasteiger charge is 2.42. The van der Waals surface area contributed by atoms with Crippen LogP contribution in [-0.4, -0.2) is 43.3 Å². The van der Waals surface area contributed by atoms with Gasteiger partial charge in [-0.2, -0.15) is 13.2 Å². The van der Waals surface area contributed by atoms with E-state index in [-0.39, 0.29) is 18.4 Å². The van der Waals surface area contributed by atoms with E-state index in [9.17, 15) is 13.2 Å². The largest absolute Gasteiger partial charge is 0.393 e. The number of nitrogens with one attached hydrogen (secondary N) is 1. The Bertz CT molecular complexity index is 289.